The Morgan fingerprint density at radius 3 is 2.86 bits per heavy atom. The number of nitrogens with one attached hydrogen (secondary N) is 2. The number of aromatic amines is 1. The predicted molar refractivity (Wildman–Crippen MR) is 119 cm³/mol. The van der Waals surface area contributed by atoms with Crippen molar-refractivity contribution < 1.29 is 4.79 Å². The molecule has 148 valence electrons. The second kappa shape index (κ2) is 8.93. The Balaban J connectivity index is 1.44. The number of unbranched alkanes of at least 4 members (excludes halogenated alkanes) is 2. The second-order valence-corrected chi connectivity index (χ2v) is 8.57. The van der Waals surface area contributed by atoms with Gasteiger partial charge >= 0.3 is 0 Å². The highest BCUT2D eigenvalue weighted by atomic mass is 32.1. The molecule has 2 N–H and O–H groups in total. The number of aromatic nitrogens is 1. The van der Waals surface area contributed by atoms with Gasteiger partial charge in [-0.3, -0.25) is 4.79 Å². The van der Waals surface area contributed by atoms with Gasteiger partial charge in [0, 0.05) is 28.2 Å². The summed E-state index contributed by atoms with van der Waals surface area (Å²) in [6.45, 7) is 5.89. The van der Waals surface area contributed by atoms with Gasteiger partial charge in [0.25, 0.3) is 5.91 Å². The number of H-pyrrole nitrogens is 1. The highest BCUT2D eigenvalue weighted by Crippen LogP contribution is 2.34. The lowest BCUT2D eigenvalue weighted by atomic mass is 9.89. The maximum atomic E-state index is 12.4. The quantitative estimate of drug-likeness (QED) is 0.493. The van der Waals surface area contributed by atoms with Crippen LogP contribution in [-0.4, -0.2) is 35.4 Å². The normalized spacial score (nSPS) is 15.9. The van der Waals surface area contributed by atoms with Crippen LogP contribution in [0.3, 0.4) is 0 Å². The summed E-state index contributed by atoms with van der Waals surface area (Å²) < 4.78 is 0. The first-order chi connectivity index (χ1) is 13.7. The third-order valence-corrected chi connectivity index (χ3v) is 6.54. The van der Waals surface area contributed by atoms with Crippen LogP contribution in [0, 0.1) is 0 Å². The number of anilines is 1. The van der Waals surface area contributed by atoms with Gasteiger partial charge < -0.3 is 15.2 Å². The number of carbonyl (C=O) groups excluding carboxylic acids is 1. The second-order valence-electron chi connectivity index (χ2n) is 7.79. The van der Waals surface area contributed by atoms with Crippen LogP contribution in [0.15, 0.2) is 41.2 Å². The molecule has 4 nitrogen and oxygen atoms in total. The first kappa shape index (κ1) is 19.2. The molecule has 1 aliphatic rings. The van der Waals surface area contributed by atoms with Gasteiger partial charge in [-0.25, -0.2) is 0 Å². The lowest BCUT2D eigenvalue weighted by molar-refractivity contribution is 0.102. The van der Waals surface area contributed by atoms with Crippen molar-refractivity contribution >= 4 is 33.8 Å². The number of benzene rings is 1. The number of fused-ring (bicyclic) bond motifs is 1. The van der Waals surface area contributed by atoms with E-state index in [1.807, 2.05) is 22.9 Å². The topological polar surface area (TPSA) is 48.1 Å². The largest absolute Gasteiger partial charge is 0.361 e. The van der Waals surface area contributed by atoms with Gasteiger partial charge in [0.2, 0.25) is 0 Å². The standard InChI is InChI=1S/C23H29N3OS/c1-2-3-4-10-26-11-7-17(8-12-26)21-15-24-22-6-5-19(14-20(21)22)25-23(27)18-9-13-28-16-18/h5-6,9,13-17,24H,2-4,7-8,10-12H2,1H3,(H,25,27). The summed E-state index contributed by atoms with van der Waals surface area (Å²) in [5.74, 6) is 0.553. The van der Waals surface area contributed by atoms with E-state index < -0.39 is 0 Å². The molecule has 0 atom stereocenters. The molecule has 1 aliphatic heterocycles. The Kier molecular flexibility index (Phi) is 6.13. The van der Waals surface area contributed by atoms with E-state index in [2.05, 4.69) is 40.5 Å². The Morgan fingerprint density at radius 1 is 1.25 bits per heavy atom. The predicted octanol–water partition coefficient (Wildman–Crippen LogP) is 5.85. The van der Waals surface area contributed by atoms with E-state index in [0.717, 1.165) is 16.8 Å². The summed E-state index contributed by atoms with van der Waals surface area (Å²) in [5.41, 5.74) is 4.13. The van der Waals surface area contributed by atoms with Crippen LogP contribution in [0.2, 0.25) is 0 Å². The summed E-state index contributed by atoms with van der Waals surface area (Å²) in [4.78, 5) is 18.4. The maximum absolute atomic E-state index is 12.4. The minimum atomic E-state index is -0.0435. The molecular weight excluding hydrogens is 366 g/mol. The van der Waals surface area contributed by atoms with Crippen LogP contribution < -0.4 is 5.32 Å². The van der Waals surface area contributed by atoms with Crippen LogP contribution in [0.25, 0.3) is 10.9 Å². The minimum Gasteiger partial charge on any atom is -0.361 e. The Hall–Kier alpha value is -2.11. The van der Waals surface area contributed by atoms with Gasteiger partial charge in [0.05, 0.1) is 5.56 Å². The summed E-state index contributed by atoms with van der Waals surface area (Å²) in [6.07, 6.45) is 8.54. The fourth-order valence-corrected chi connectivity index (χ4v) is 4.84. The van der Waals surface area contributed by atoms with Crippen LogP contribution in [0.4, 0.5) is 5.69 Å². The lowest BCUT2D eigenvalue weighted by Gasteiger charge is -2.32. The van der Waals surface area contributed by atoms with Crippen LogP contribution in [-0.2, 0) is 0 Å². The molecule has 2 aromatic heterocycles. The Morgan fingerprint density at radius 2 is 2.11 bits per heavy atom. The van der Waals surface area contributed by atoms with Gasteiger partial charge in [-0.15, -0.1) is 0 Å². The van der Waals surface area contributed by atoms with Gasteiger partial charge in [-0.1, -0.05) is 19.8 Å². The van der Waals surface area contributed by atoms with Crippen molar-refractivity contribution in [2.45, 2.75) is 44.9 Å². The zero-order chi connectivity index (χ0) is 19.3. The van der Waals surface area contributed by atoms with Crippen LogP contribution in [0.5, 0.6) is 0 Å². The van der Waals surface area contributed by atoms with E-state index in [1.165, 1.54) is 74.0 Å². The number of likely N-dealkylation sites (tertiary alicyclic amines) is 1. The number of nitrogens with zero attached hydrogens (tertiary/aromatic N) is 1. The van der Waals surface area contributed by atoms with Crippen molar-refractivity contribution in [3.63, 3.8) is 0 Å². The first-order valence-electron chi connectivity index (χ1n) is 10.4. The molecule has 0 bridgehead atoms. The molecule has 4 rings (SSSR count). The van der Waals surface area contributed by atoms with E-state index >= 15 is 0 Å². The number of carbonyl (C=O) groups is 1. The summed E-state index contributed by atoms with van der Waals surface area (Å²) in [7, 11) is 0. The molecule has 0 saturated carbocycles. The van der Waals surface area contributed by atoms with Crippen molar-refractivity contribution in [2.75, 3.05) is 25.0 Å². The summed E-state index contributed by atoms with van der Waals surface area (Å²) in [5, 5.41) is 8.09. The van der Waals surface area contributed by atoms with Crippen molar-refractivity contribution in [2.24, 2.45) is 0 Å². The van der Waals surface area contributed by atoms with Gasteiger partial charge in [-0.05, 0) is 80.0 Å². The van der Waals surface area contributed by atoms with Crippen LogP contribution >= 0.6 is 11.3 Å². The molecule has 0 aliphatic carbocycles. The van der Waals surface area contributed by atoms with E-state index in [-0.39, 0.29) is 5.91 Å². The average molecular weight is 396 g/mol. The molecule has 1 amide bonds. The molecule has 3 aromatic rings. The Labute approximate surface area is 170 Å². The number of thiophene rings is 1. The fraction of sp³-hybridized carbons (Fsp3) is 0.435. The number of amides is 1. The van der Waals surface area contributed by atoms with E-state index in [9.17, 15) is 4.79 Å². The Bertz CT molecular complexity index is 907. The van der Waals surface area contributed by atoms with E-state index in [1.54, 1.807) is 0 Å². The number of piperidine rings is 1. The highest BCUT2D eigenvalue weighted by molar-refractivity contribution is 7.08. The lowest BCUT2D eigenvalue weighted by Crippen LogP contribution is -2.33. The number of rotatable bonds is 7. The SMILES string of the molecule is CCCCCN1CCC(c2c[nH]c3ccc(NC(=O)c4ccsc4)cc23)CC1. The van der Waals surface area contributed by atoms with E-state index in [0.29, 0.717) is 5.92 Å². The smallest absolute Gasteiger partial charge is 0.256 e. The first-order valence-corrected chi connectivity index (χ1v) is 11.4. The number of hydrogen-bond donors (Lipinski definition) is 2. The zero-order valence-corrected chi connectivity index (χ0v) is 17.4. The molecule has 3 heterocycles. The third kappa shape index (κ3) is 4.31. The molecule has 0 unspecified atom stereocenters. The molecule has 1 fully saturated rings. The fourth-order valence-electron chi connectivity index (χ4n) is 4.21. The molecular formula is C23H29N3OS. The average Bonchev–Trinajstić information content (AvgIpc) is 3.39. The zero-order valence-electron chi connectivity index (χ0n) is 16.5. The summed E-state index contributed by atoms with van der Waals surface area (Å²) >= 11 is 1.54. The van der Waals surface area contributed by atoms with Gasteiger partial charge in [-0.2, -0.15) is 11.3 Å². The number of hydrogen-bond acceptors (Lipinski definition) is 3. The van der Waals surface area contributed by atoms with Crippen molar-refractivity contribution in [3.05, 3.63) is 52.3 Å². The maximum Gasteiger partial charge on any atom is 0.256 e. The molecule has 1 aromatic carbocycles. The van der Waals surface area contributed by atoms with Gasteiger partial charge in [0.1, 0.15) is 0 Å². The van der Waals surface area contributed by atoms with Crippen LogP contribution in [0.1, 0.15) is 60.9 Å². The minimum absolute atomic E-state index is 0.0435. The highest BCUT2D eigenvalue weighted by Gasteiger charge is 2.22. The van der Waals surface area contributed by atoms with E-state index in [4.69, 9.17) is 0 Å². The van der Waals surface area contributed by atoms with Crippen molar-refractivity contribution in [1.29, 1.82) is 0 Å². The molecule has 28 heavy (non-hydrogen) atoms. The monoisotopic (exact) mass is 395 g/mol. The molecule has 1 saturated heterocycles. The summed E-state index contributed by atoms with van der Waals surface area (Å²) in [6, 6.07) is 8.03. The van der Waals surface area contributed by atoms with Crippen molar-refractivity contribution in [1.82, 2.24) is 9.88 Å². The van der Waals surface area contributed by atoms with Gasteiger partial charge in [0.15, 0.2) is 0 Å². The van der Waals surface area contributed by atoms with Crippen molar-refractivity contribution in [3.8, 4) is 0 Å². The molecule has 0 radical (unpaired) electrons. The molecule has 0 spiro atoms. The third-order valence-electron chi connectivity index (χ3n) is 5.86. The molecule has 5 heteroatoms.